The number of aromatic amines is 1. The molecule has 112 valence electrons. The summed E-state index contributed by atoms with van der Waals surface area (Å²) in [5.74, 6) is 1.04. The Kier molecular flexibility index (Phi) is 3.47. The van der Waals surface area contributed by atoms with E-state index in [1.165, 1.54) is 5.56 Å². The van der Waals surface area contributed by atoms with Gasteiger partial charge in [-0.3, -0.25) is 10.00 Å². The van der Waals surface area contributed by atoms with Crippen molar-refractivity contribution in [3.05, 3.63) is 47.7 Å². The van der Waals surface area contributed by atoms with Crippen LogP contribution in [-0.2, 0) is 6.54 Å². The molecule has 0 amide bonds. The van der Waals surface area contributed by atoms with Crippen LogP contribution in [0.25, 0.3) is 0 Å². The number of hydrogen-bond donors (Lipinski definition) is 2. The molecule has 3 rings (SSSR count). The van der Waals surface area contributed by atoms with E-state index in [0.717, 1.165) is 24.6 Å². The molecule has 0 saturated heterocycles. The second kappa shape index (κ2) is 5.16. The van der Waals surface area contributed by atoms with Crippen molar-refractivity contribution in [1.82, 2.24) is 15.1 Å². The molecule has 1 aromatic heterocycles. The van der Waals surface area contributed by atoms with Gasteiger partial charge in [0.15, 0.2) is 0 Å². The van der Waals surface area contributed by atoms with Gasteiger partial charge in [0.1, 0.15) is 5.82 Å². The number of fused-ring (bicyclic) bond motifs is 1. The fourth-order valence-electron chi connectivity index (χ4n) is 2.77. The van der Waals surface area contributed by atoms with Crippen LogP contribution in [0.15, 0.2) is 36.5 Å². The standard InChI is InChI=1S/C16H23N5/c1-16(2,3)21-11-20(10-12-7-5-4-6-8-12)14(17)13-9-18-19-15(13)21/h4-9,14H,10-11,17H2,1-3H3,(H,18,19). The monoisotopic (exact) mass is 285 g/mol. The number of anilines is 1. The Labute approximate surface area is 125 Å². The van der Waals surface area contributed by atoms with Crippen molar-refractivity contribution in [3.63, 3.8) is 0 Å². The van der Waals surface area contributed by atoms with E-state index >= 15 is 0 Å². The summed E-state index contributed by atoms with van der Waals surface area (Å²) in [6.45, 7) is 8.23. The Balaban J connectivity index is 1.90. The number of benzene rings is 1. The van der Waals surface area contributed by atoms with Crippen LogP contribution in [0.2, 0.25) is 0 Å². The molecule has 0 aliphatic carbocycles. The quantitative estimate of drug-likeness (QED) is 0.889. The van der Waals surface area contributed by atoms with Crippen LogP contribution < -0.4 is 10.6 Å². The van der Waals surface area contributed by atoms with E-state index < -0.39 is 0 Å². The maximum Gasteiger partial charge on any atom is 0.131 e. The topological polar surface area (TPSA) is 61.2 Å². The summed E-state index contributed by atoms with van der Waals surface area (Å²) >= 11 is 0. The first-order valence-corrected chi connectivity index (χ1v) is 7.31. The van der Waals surface area contributed by atoms with Gasteiger partial charge in [0.25, 0.3) is 0 Å². The molecule has 2 aromatic rings. The highest BCUT2D eigenvalue weighted by Crippen LogP contribution is 2.35. The first kappa shape index (κ1) is 14.1. The van der Waals surface area contributed by atoms with Crippen molar-refractivity contribution in [3.8, 4) is 0 Å². The first-order chi connectivity index (χ1) is 9.97. The molecule has 0 saturated carbocycles. The number of nitrogens with zero attached hydrogens (tertiary/aromatic N) is 3. The molecule has 1 aliphatic rings. The van der Waals surface area contributed by atoms with Crippen LogP contribution in [0, 0.1) is 0 Å². The fourth-order valence-corrected chi connectivity index (χ4v) is 2.77. The normalized spacial score (nSPS) is 19.6. The summed E-state index contributed by atoms with van der Waals surface area (Å²) in [5, 5.41) is 7.28. The van der Waals surface area contributed by atoms with E-state index in [1.807, 2.05) is 12.3 Å². The van der Waals surface area contributed by atoms with Crippen molar-refractivity contribution in [1.29, 1.82) is 0 Å². The predicted molar refractivity (Wildman–Crippen MR) is 84.6 cm³/mol. The predicted octanol–water partition coefficient (Wildman–Crippen LogP) is 2.45. The molecule has 21 heavy (non-hydrogen) atoms. The van der Waals surface area contributed by atoms with E-state index in [9.17, 15) is 0 Å². The van der Waals surface area contributed by atoms with Crippen LogP contribution >= 0.6 is 0 Å². The minimum Gasteiger partial charge on any atom is -0.339 e. The highest BCUT2D eigenvalue weighted by Gasteiger charge is 2.35. The van der Waals surface area contributed by atoms with E-state index in [0.29, 0.717) is 0 Å². The molecule has 5 nitrogen and oxygen atoms in total. The van der Waals surface area contributed by atoms with Crippen molar-refractivity contribution in [2.75, 3.05) is 11.6 Å². The van der Waals surface area contributed by atoms with Crippen molar-refractivity contribution >= 4 is 5.82 Å². The van der Waals surface area contributed by atoms with Crippen molar-refractivity contribution < 1.29 is 0 Å². The summed E-state index contributed by atoms with van der Waals surface area (Å²) in [6.07, 6.45) is 1.72. The third-order valence-electron chi connectivity index (χ3n) is 3.99. The molecule has 1 atom stereocenters. The van der Waals surface area contributed by atoms with Gasteiger partial charge in [-0.15, -0.1) is 0 Å². The molecule has 1 unspecified atom stereocenters. The van der Waals surface area contributed by atoms with Crippen LogP contribution in [0.3, 0.4) is 0 Å². The Hall–Kier alpha value is -1.85. The van der Waals surface area contributed by atoms with Gasteiger partial charge in [0.2, 0.25) is 0 Å². The third kappa shape index (κ3) is 2.66. The second-order valence-corrected chi connectivity index (χ2v) is 6.59. The highest BCUT2D eigenvalue weighted by molar-refractivity contribution is 5.51. The first-order valence-electron chi connectivity index (χ1n) is 7.31. The van der Waals surface area contributed by atoms with Gasteiger partial charge >= 0.3 is 0 Å². The molecule has 0 radical (unpaired) electrons. The van der Waals surface area contributed by atoms with Gasteiger partial charge < -0.3 is 10.6 Å². The van der Waals surface area contributed by atoms with E-state index in [-0.39, 0.29) is 11.7 Å². The minimum absolute atomic E-state index is 0.0103. The van der Waals surface area contributed by atoms with Gasteiger partial charge in [-0.05, 0) is 26.3 Å². The average Bonchev–Trinajstić information content (AvgIpc) is 2.91. The molecule has 2 heterocycles. The van der Waals surface area contributed by atoms with Crippen molar-refractivity contribution in [2.24, 2.45) is 5.73 Å². The van der Waals surface area contributed by atoms with Crippen LogP contribution in [0.1, 0.15) is 38.1 Å². The molecular formula is C16H23N5. The molecule has 1 aliphatic heterocycles. The zero-order chi connectivity index (χ0) is 15.0. The lowest BCUT2D eigenvalue weighted by Crippen LogP contribution is -2.54. The summed E-state index contributed by atoms with van der Waals surface area (Å²) in [6, 6.07) is 10.4. The lowest BCUT2D eigenvalue weighted by molar-refractivity contribution is 0.165. The maximum absolute atomic E-state index is 6.43. The van der Waals surface area contributed by atoms with Gasteiger partial charge in [0.05, 0.1) is 19.0 Å². The van der Waals surface area contributed by atoms with Gasteiger partial charge in [-0.2, -0.15) is 5.10 Å². The Morgan fingerprint density at radius 2 is 2.00 bits per heavy atom. The number of nitrogens with two attached hydrogens (primary N) is 1. The van der Waals surface area contributed by atoms with Crippen LogP contribution in [0.4, 0.5) is 5.82 Å². The lowest BCUT2D eigenvalue weighted by atomic mass is 10.0. The minimum atomic E-state index is -0.127. The molecular weight excluding hydrogens is 262 g/mol. The molecule has 3 N–H and O–H groups in total. The molecule has 0 spiro atoms. The summed E-state index contributed by atoms with van der Waals surface area (Å²) in [5.41, 5.74) is 8.77. The van der Waals surface area contributed by atoms with E-state index in [1.54, 1.807) is 0 Å². The fraction of sp³-hybridized carbons (Fsp3) is 0.438. The zero-order valence-corrected chi connectivity index (χ0v) is 12.9. The Morgan fingerprint density at radius 1 is 1.29 bits per heavy atom. The van der Waals surface area contributed by atoms with Crippen LogP contribution in [0.5, 0.6) is 0 Å². The smallest absolute Gasteiger partial charge is 0.131 e. The Bertz CT molecular complexity index is 599. The lowest BCUT2D eigenvalue weighted by Gasteiger charge is -2.46. The number of hydrogen-bond acceptors (Lipinski definition) is 4. The number of aromatic nitrogens is 2. The molecule has 5 heteroatoms. The number of nitrogens with one attached hydrogen (secondary N) is 1. The highest BCUT2D eigenvalue weighted by atomic mass is 15.4. The number of rotatable bonds is 2. The van der Waals surface area contributed by atoms with Gasteiger partial charge in [-0.25, -0.2) is 0 Å². The summed E-state index contributed by atoms with van der Waals surface area (Å²) in [4.78, 5) is 4.60. The molecule has 0 fully saturated rings. The third-order valence-corrected chi connectivity index (χ3v) is 3.99. The molecule has 0 bridgehead atoms. The van der Waals surface area contributed by atoms with E-state index in [4.69, 9.17) is 5.73 Å². The maximum atomic E-state index is 6.43. The average molecular weight is 285 g/mol. The zero-order valence-electron chi connectivity index (χ0n) is 12.9. The van der Waals surface area contributed by atoms with Gasteiger partial charge in [0, 0.05) is 17.6 Å². The second-order valence-electron chi connectivity index (χ2n) is 6.59. The van der Waals surface area contributed by atoms with E-state index in [2.05, 4.69) is 65.0 Å². The summed E-state index contributed by atoms with van der Waals surface area (Å²) < 4.78 is 0. The van der Waals surface area contributed by atoms with Crippen LogP contribution in [-0.4, -0.2) is 27.3 Å². The van der Waals surface area contributed by atoms with Gasteiger partial charge in [-0.1, -0.05) is 30.3 Å². The van der Waals surface area contributed by atoms with Crippen molar-refractivity contribution in [2.45, 2.75) is 39.0 Å². The SMILES string of the molecule is CC(C)(C)N1CN(Cc2ccccc2)C(N)c2cn[nH]c21. The Morgan fingerprint density at radius 3 is 2.67 bits per heavy atom. The summed E-state index contributed by atoms with van der Waals surface area (Å²) in [7, 11) is 0. The number of H-pyrrole nitrogens is 1. The molecule has 1 aromatic carbocycles. The largest absolute Gasteiger partial charge is 0.339 e.